The van der Waals surface area contributed by atoms with Gasteiger partial charge in [0.2, 0.25) is 0 Å². The highest BCUT2D eigenvalue weighted by molar-refractivity contribution is 4.97. The molecule has 1 aliphatic rings. The van der Waals surface area contributed by atoms with E-state index < -0.39 is 0 Å². The van der Waals surface area contributed by atoms with Gasteiger partial charge in [-0.05, 0) is 32.4 Å². The molecule has 16 heavy (non-hydrogen) atoms. The minimum Gasteiger partial charge on any atom is -0.388 e. The Kier molecular flexibility index (Phi) is 14.3. The molecule has 0 amide bonds. The van der Waals surface area contributed by atoms with Gasteiger partial charge in [0.05, 0.1) is 0 Å². The molecule has 0 aromatic rings. The van der Waals surface area contributed by atoms with E-state index in [2.05, 4.69) is 42.7 Å². The Balaban J connectivity index is 0. The number of nitrogens with zero attached hydrogens (tertiary/aromatic N) is 1. The Morgan fingerprint density at radius 3 is 2.06 bits per heavy atom. The first-order chi connectivity index (χ1) is 7.61. The predicted octanol–water partition coefficient (Wildman–Crippen LogP) is 3.58. The Morgan fingerprint density at radius 1 is 1.25 bits per heavy atom. The number of rotatable bonds is 2. The molecular formula is C14H31NO. The van der Waals surface area contributed by atoms with Crippen molar-refractivity contribution in [1.29, 1.82) is 0 Å². The molecule has 1 saturated heterocycles. The van der Waals surface area contributed by atoms with Crippen LogP contribution in [0.1, 0.15) is 40.5 Å². The van der Waals surface area contributed by atoms with Crippen molar-refractivity contribution in [3.63, 3.8) is 0 Å². The summed E-state index contributed by atoms with van der Waals surface area (Å²) in [6.07, 6.45) is 7.38. The molecule has 0 radical (unpaired) electrons. The van der Waals surface area contributed by atoms with Crippen LogP contribution in [-0.2, 0) is 4.74 Å². The maximum atomic E-state index is 4.25. The third-order valence-electron chi connectivity index (χ3n) is 2.30. The van der Waals surface area contributed by atoms with E-state index in [1.54, 1.807) is 14.2 Å². The van der Waals surface area contributed by atoms with Gasteiger partial charge in [0.15, 0.2) is 0 Å². The van der Waals surface area contributed by atoms with Crippen molar-refractivity contribution in [2.45, 2.75) is 46.6 Å². The van der Waals surface area contributed by atoms with Crippen molar-refractivity contribution in [3.05, 3.63) is 12.2 Å². The van der Waals surface area contributed by atoms with Gasteiger partial charge in [0, 0.05) is 20.3 Å². The standard InChI is InChI=1S/C10H19N.C2H6O.C2H6/c1-9(2)6-7-10-5-4-8-11(10)3;1-3-2;1-2/h6-7,9-10H,4-5,8H2,1-3H3;1-2H3;1-2H3/b7-6+;;. The van der Waals surface area contributed by atoms with Crippen molar-refractivity contribution < 1.29 is 4.74 Å². The van der Waals surface area contributed by atoms with E-state index in [4.69, 9.17) is 0 Å². The van der Waals surface area contributed by atoms with E-state index in [9.17, 15) is 0 Å². The number of methoxy groups -OCH3 is 1. The van der Waals surface area contributed by atoms with Crippen molar-refractivity contribution in [1.82, 2.24) is 4.90 Å². The van der Waals surface area contributed by atoms with Crippen LogP contribution in [0.25, 0.3) is 0 Å². The number of ether oxygens (including phenoxy) is 1. The van der Waals surface area contributed by atoms with E-state index in [0.717, 1.165) is 6.04 Å². The SMILES string of the molecule is CC.CC(C)/C=C/C1CCCN1C.COC. The second kappa shape index (κ2) is 12.7. The summed E-state index contributed by atoms with van der Waals surface area (Å²) in [6, 6.07) is 0.720. The Hall–Kier alpha value is -0.340. The fourth-order valence-corrected chi connectivity index (χ4v) is 1.53. The van der Waals surface area contributed by atoms with Gasteiger partial charge in [-0.15, -0.1) is 0 Å². The van der Waals surface area contributed by atoms with E-state index in [1.807, 2.05) is 13.8 Å². The summed E-state index contributed by atoms with van der Waals surface area (Å²) >= 11 is 0. The molecule has 0 aromatic heterocycles. The van der Waals surface area contributed by atoms with Crippen molar-refractivity contribution in [2.75, 3.05) is 27.8 Å². The molecule has 0 aliphatic carbocycles. The Morgan fingerprint density at radius 2 is 1.75 bits per heavy atom. The predicted molar refractivity (Wildman–Crippen MR) is 73.9 cm³/mol. The minimum atomic E-state index is 0.698. The summed E-state index contributed by atoms with van der Waals surface area (Å²) in [6.45, 7) is 9.73. The van der Waals surface area contributed by atoms with Crippen LogP contribution < -0.4 is 0 Å². The van der Waals surface area contributed by atoms with E-state index in [-0.39, 0.29) is 0 Å². The van der Waals surface area contributed by atoms with Crippen LogP contribution in [0.5, 0.6) is 0 Å². The number of likely N-dealkylation sites (tertiary alicyclic amines) is 1. The first-order valence-corrected chi connectivity index (χ1v) is 6.40. The summed E-state index contributed by atoms with van der Waals surface area (Å²) in [5.74, 6) is 0.698. The number of likely N-dealkylation sites (N-methyl/N-ethyl adjacent to an activating group) is 1. The molecule has 1 fully saturated rings. The summed E-state index contributed by atoms with van der Waals surface area (Å²) in [4.78, 5) is 2.43. The monoisotopic (exact) mass is 229 g/mol. The highest BCUT2D eigenvalue weighted by Crippen LogP contribution is 2.16. The molecule has 1 unspecified atom stereocenters. The van der Waals surface area contributed by atoms with Crippen LogP contribution in [0.3, 0.4) is 0 Å². The van der Waals surface area contributed by atoms with Gasteiger partial charge in [-0.2, -0.15) is 0 Å². The maximum absolute atomic E-state index is 4.25. The van der Waals surface area contributed by atoms with Gasteiger partial charge in [-0.3, -0.25) is 4.90 Å². The van der Waals surface area contributed by atoms with Gasteiger partial charge in [-0.1, -0.05) is 39.8 Å². The molecule has 1 atom stereocenters. The van der Waals surface area contributed by atoms with Crippen LogP contribution in [0.2, 0.25) is 0 Å². The quantitative estimate of drug-likeness (QED) is 0.671. The summed E-state index contributed by atoms with van der Waals surface area (Å²) < 4.78 is 4.25. The fraction of sp³-hybridized carbons (Fsp3) is 0.857. The van der Waals surface area contributed by atoms with Crippen LogP contribution in [-0.4, -0.2) is 38.8 Å². The number of hydrogen-bond acceptors (Lipinski definition) is 2. The van der Waals surface area contributed by atoms with Crippen molar-refractivity contribution in [2.24, 2.45) is 5.92 Å². The van der Waals surface area contributed by atoms with E-state index in [1.165, 1.54) is 19.4 Å². The largest absolute Gasteiger partial charge is 0.388 e. The maximum Gasteiger partial charge on any atom is 0.0351 e. The molecule has 0 saturated carbocycles. The van der Waals surface area contributed by atoms with Gasteiger partial charge >= 0.3 is 0 Å². The Labute approximate surface area is 103 Å². The lowest BCUT2D eigenvalue weighted by Crippen LogP contribution is -2.22. The molecule has 1 aliphatic heterocycles. The fourth-order valence-electron chi connectivity index (χ4n) is 1.53. The van der Waals surface area contributed by atoms with E-state index in [0.29, 0.717) is 5.92 Å². The van der Waals surface area contributed by atoms with Crippen molar-refractivity contribution in [3.8, 4) is 0 Å². The molecular weight excluding hydrogens is 198 g/mol. The van der Waals surface area contributed by atoms with Crippen LogP contribution in [0.15, 0.2) is 12.2 Å². The average Bonchev–Trinajstić information content (AvgIpc) is 2.65. The molecule has 1 rings (SSSR count). The first kappa shape index (κ1) is 18.0. The minimum absolute atomic E-state index is 0.698. The molecule has 0 bridgehead atoms. The molecule has 98 valence electrons. The molecule has 0 spiro atoms. The van der Waals surface area contributed by atoms with Gasteiger partial charge < -0.3 is 4.74 Å². The van der Waals surface area contributed by atoms with Gasteiger partial charge in [0.1, 0.15) is 0 Å². The lowest BCUT2D eigenvalue weighted by atomic mass is 10.1. The van der Waals surface area contributed by atoms with Gasteiger partial charge in [-0.25, -0.2) is 0 Å². The third-order valence-corrected chi connectivity index (χ3v) is 2.30. The highest BCUT2D eigenvalue weighted by atomic mass is 16.4. The van der Waals surface area contributed by atoms with Crippen molar-refractivity contribution >= 4 is 0 Å². The molecule has 0 aromatic carbocycles. The molecule has 2 nitrogen and oxygen atoms in total. The van der Waals surface area contributed by atoms with Crippen LogP contribution in [0, 0.1) is 5.92 Å². The summed E-state index contributed by atoms with van der Waals surface area (Å²) in [5.41, 5.74) is 0. The zero-order valence-electron chi connectivity index (χ0n) is 12.3. The molecule has 2 heteroatoms. The lowest BCUT2D eigenvalue weighted by molar-refractivity contribution is 0.277. The topological polar surface area (TPSA) is 12.5 Å². The summed E-state index contributed by atoms with van der Waals surface area (Å²) in [5, 5.41) is 0. The van der Waals surface area contributed by atoms with Gasteiger partial charge in [0.25, 0.3) is 0 Å². The second-order valence-corrected chi connectivity index (χ2v) is 4.23. The molecule has 0 N–H and O–H groups in total. The lowest BCUT2D eigenvalue weighted by Gasteiger charge is -2.15. The van der Waals surface area contributed by atoms with Crippen LogP contribution in [0.4, 0.5) is 0 Å². The second-order valence-electron chi connectivity index (χ2n) is 4.23. The summed E-state index contributed by atoms with van der Waals surface area (Å²) in [7, 11) is 5.46. The highest BCUT2D eigenvalue weighted by Gasteiger charge is 2.17. The number of allylic oxidation sites excluding steroid dienone is 1. The first-order valence-electron chi connectivity index (χ1n) is 6.40. The van der Waals surface area contributed by atoms with E-state index >= 15 is 0 Å². The average molecular weight is 229 g/mol. The molecule has 1 heterocycles. The zero-order chi connectivity index (χ0) is 13.0. The van der Waals surface area contributed by atoms with Crippen LogP contribution >= 0.6 is 0 Å². The normalized spacial score (nSPS) is 20.4. The zero-order valence-corrected chi connectivity index (χ0v) is 12.3. The number of hydrogen-bond donors (Lipinski definition) is 0. The smallest absolute Gasteiger partial charge is 0.0351 e. The third kappa shape index (κ3) is 10.2. The Bertz CT molecular complexity index is 155.